The molecular formula is C11H23N3O4S. The van der Waals surface area contributed by atoms with Crippen molar-refractivity contribution in [2.24, 2.45) is 16.3 Å². The fraction of sp³-hybridized carbons (Fsp3) is 0.909. The highest BCUT2D eigenvalue weighted by Gasteiger charge is 2.37. The van der Waals surface area contributed by atoms with Crippen molar-refractivity contribution in [3.05, 3.63) is 0 Å². The van der Waals surface area contributed by atoms with Gasteiger partial charge in [0.25, 0.3) is 0 Å². The van der Waals surface area contributed by atoms with E-state index in [1.165, 1.54) is 4.31 Å². The average Bonchev–Trinajstić information content (AvgIpc) is 2.38. The van der Waals surface area contributed by atoms with Crippen LogP contribution in [0.5, 0.6) is 0 Å². The first-order valence-electron chi connectivity index (χ1n) is 6.39. The lowest BCUT2D eigenvalue weighted by Gasteiger charge is -2.37. The van der Waals surface area contributed by atoms with Gasteiger partial charge in [-0.1, -0.05) is 12.1 Å². The number of amidine groups is 1. The molecule has 1 fully saturated rings. The van der Waals surface area contributed by atoms with Crippen LogP contribution < -0.4 is 5.73 Å². The quantitative estimate of drug-likeness (QED) is 0.239. The van der Waals surface area contributed by atoms with Crippen LogP contribution in [0.3, 0.4) is 0 Å². The summed E-state index contributed by atoms with van der Waals surface area (Å²) in [5.41, 5.74) is 5.22. The van der Waals surface area contributed by atoms with Gasteiger partial charge in [-0.3, -0.25) is 0 Å². The largest absolute Gasteiger partial charge is 0.409 e. The Morgan fingerprint density at radius 2 is 2.05 bits per heavy atom. The maximum Gasteiger partial charge on any atom is 0.216 e. The second kappa shape index (κ2) is 6.53. The Hall–Kier alpha value is -0.860. The monoisotopic (exact) mass is 293 g/mol. The van der Waals surface area contributed by atoms with Gasteiger partial charge in [-0.25, -0.2) is 12.7 Å². The van der Waals surface area contributed by atoms with Gasteiger partial charge in [-0.05, 0) is 19.8 Å². The Kier molecular flexibility index (Phi) is 5.57. The molecule has 0 aliphatic carbocycles. The van der Waals surface area contributed by atoms with Crippen LogP contribution in [0, 0.1) is 5.41 Å². The molecule has 3 N–H and O–H groups in total. The van der Waals surface area contributed by atoms with Crippen LogP contribution in [-0.4, -0.2) is 55.8 Å². The summed E-state index contributed by atoms with van der Waals surface area (Å²) in [4.78, 5) is 0. The molecule has 1 saturated heterocycles. The van der Waals surface area contributed by atoms with E-state index in [-0.39, 0.29) is 18.2 Å². The molecule has 7 nitrogen and oxygen atoms in total. The van der Waals surface area contributed by atoms with E-state index >= 15 is 0 Å². The van der Waals surface area contributed by atoms with Crippen molar-refractivity contribution >= 4 is 15.9 Å². The third-order valence-electron chi connectivity index (χ3n) is 3.64. The predicted molar refractivity (Wildman–Crippen MR) is 72.6 cm³/mol. The van der Waals surface area contributed by atoms with E-state index in [1.807, 2.05) is 13.8 Å². The summed E-state index contributed by atoms with van der Waals surface area (Å²) < 4.78 is 30.6. The Morgan fingerprint density at radius 1 is 1.47 bits per heavy atom. The Bertz CT molecular complexity index is 414. The van der Waals surface area contributed by atoms with E-state index in [4.69, 9.17) is 15.7 Å². The van der Waals surface area contributed by atoms with Gasteiger partial charge in [-0.15, -0.1) is 0 Å². The molecule has 0 spiro atoms. The maximum atomic E-state index is 12.0. The minimum Gasteiger partial charge on any atom is -0.409 e. The van der Waals surface area contributed by atoms with Crippen LogP contribution in [-0.2, 0) is 14.8 Å². The lowest BCUT2D eigenvalue weighted by atomic mass is 9.80. The molecule has 0 aromatic heterocycles. The van der Waals surface area contributed by atoms with Gasteiger partial charge in [0.2, 0.25) is 10.0 Å². The van der Waals surface area contributed by atoms with Crippen molar-refractivity contribution < 1.29 is 18.4 Å². The molecule has 1 rings (SSSR count). The second-order valence-corrected chi connectivity index (χ2v) is 7.05. The number of sulfonamides is 1. The minimum absolute atomic E-state index is 0.00112. The molecule has 19 heavy (non-hydrogen) atoms. The Balaban J connectivity index is 2.58. The average molecular weight is 293 g/mol. The Labute approximate surface area is 114 Å². The lowest BCUT2D eigenvalue weighted by molar-refractivity contribution is 0.161. The molecule has 0 saturated carbocycles. The smallest absolute Gasteiger partial charge is 0.216 e. The van der Waals surface area contributed by atoms with Gasteiger partial charge < -0.3 is 15.7 Å². The van der Waals surface area contributed by atoms with Crippen LogP contribution in [0.2, 0.25) is 0 Å². The molecule has 8 heteroatoms. The minimum atomic E-state index is -3.27. The topological polar surface area (TPSA) is 105 Å². The summed E-state index contributed by atoms with van der Waals surface area (Å²) in [6.07, 6.45) is 1.10. The van der Waals surface area contributed by atoms with E-state index in [1.54, 1.807) is 0 Å². The zero-order chi connectivity index (χ0) is 14.5. The normalized spacial score (nSPS) is 21.5. The first-order valence-corrected chi connectivity index (χ1v) is 8.00. The zero-order valence-electron chi connectivity index (χ0n) is 11.5. The maximum absolute atomic E-state index is 12.0. The number of ether oxygens (including phenoxy) is 1. The van der Waals surface area contributed by atoms with Crippen molar-refractivity contribution in [2.45, 2.75) is 26.7 Å². The lowest BCUT2D eigenvalue weighted by Crippen LogP contribution is -2.48. The van der Waals surface area contributed by atoms with Gasteiger partial charge in [0.1, 0.15) is 5.84 Å². The highest BCUT2D eigenvalue weighted by atomic mass is 32.2. The Morgan fingerprint density at radius 3 is 2.53 bits per heavy atom. The number of nitrogens with two attached hydrogens (primary N) is 1. The van der Waals surface area contributed by atoms with Gasteiger partial charge in [-0.2, -0.15) is 0 Å². The zero-order valence-corrected chi connectivity index (χ0v) is 12.3. The van der Waals surface area contributed by atoms with Crippen molar-refractivity contribution in [3.63, 3.8) is 0 Å². The van der Waals surface area contributed by atoms with Gasteiger partial charge in [0.05, 0.1) is 12.4 Å². The second-order valence-electron chi connectivity index (χ2n) is 4.96. The van der Waals surface area contributed by atoms with Crippen molar-refractivity contribution in [1.82, 2.24) is 4.31 Å². The molecule has 1 aliphatic heterocycles. The first kappa shape index (κ1) is 16.2. The molecule has 0 unspecified atom stereocenters. The predicted octanol–water partition coefficient (Wildman–Crippen LogP) is 0.201. The van der Waals surface area contributed by atoms with Crippen molar-refractivity contribution in [3.8, 4) is 0 Å². The summed E-state index contributed by atoms with van der Waals surface area (Å²) in [6.45, 7) is 5.22. The van der Waals surface area contributed by atoms with Crippen molar-refractivity contribution in [1.29, 1.82) is 0 Å². The summed E-state index contributed by atoms with van der Waals surface area (Å²) >= 11 is 0. The van der Waals surface area contributed by atoms with Gasteiger partial charge >= 0.3 is 0 Å². The third kappa shape index (κ3) is 4.05. The number of oxime groups is 1. The van der Waals surface area contributed by atoms with Crippen LogP contribution in [0.25, 0.3) is 0 Å². The number of piperidine rings is 1. The highest BCUT2D eigenvalue weighted by molar-refractivity contribution is 7.89. The van der Waals surface area contributed by atoms with E-state index in [0.717, 1.165) is 0 Å². The molecule has 0 aromatic rings. The van der Waals surface area contributed by atoms with Gasteiger partial charge in [0, 0.05) is 25.1 Å². The first-order chi connectivity index (χ1) is 8.85. The summed E-state index contributed by atoms with van der Waals surface area (Å²) in [5.74, 6) is 0.167. The van der Waals surface area contributed by atoms with Gasteiger partial charge in [0.15, 0.2) is 0 Å². The van der Waals surface area contributed by atoms with E-state index in [9.17, 15) is 8.42 Å². The molecule has 0 atom stereocenters. The number of rotatable bonds is 6. The number of hydrogen-bond acceptors (Lipinski definition) is 5. The molecule has 112 valence electrons. The third-order valence-corrected chi connectivity index (χ3v) is 5.47. The highest BCUT2D eigenvalue weighted by Crippen LogP contribution is 2.32. The molecular weight excluding hydrogens is 270 g/mol. The van der Waals surface area contributed by atoms with Crippen molar-refractivity contribution in [2.75, 3.05) is 32.1 Å². The van der Waals surface area contributed by atoms with E-state index < -0.39 is 15.4 Å². The summed E-state index contributed by atoms with van der Waals surface area (Å²) in [7, 11) is -3.27. The molecule has 0 aromatic carbocycles. The number of nitrogens with zero attached hydrogens (tertiary/aromatic N) is 2. The molecule has 1 heterocycles. The van der Waals surface area contributed by atoms with E-state index in [0.29, 0.717) is 32.5 Å². The standard InChI is InChI=1S/C11H23N3O4S/c1-3-18-8-9-19(16,17)14-6-4-11(2,5-7-14)10(12)13-15/h15H,3-9H2,1-2H3,(H2,12,13). The van der Waals surface area contributed by atoms with Crippen LogP contribution >= 0.6 is 0 Å². The van der Waals surface area contributed by atoms with E-state index in [2.05, 4.69) is 5.16 Å². The molecule has 1 aliphatic rings. The van der Waals surface area contributed by atoms with Crippen LogP contribution in [0.4, 0.5) is 0 Å². The fourth-order valence-corrected chi connectivity index (χ4v) is 3.40. The van der Waals surface area contributed by atoms with Crippen LogP contribution in [0.1, 0.15) is 26.7 Å². The number of hydrogen-bond donors (Lipinski definition) is 2. The van der Waals surface area contributed by atoms with Crippen LogP contribution in [0.15, 0.2) is 5.16 Å². The summed E-state index contributed by atoms with van der Waals surface area (Å²) in [6, 6.07) is 0. The molecule has 0 bridgehead atoms. The SMILES string of the molecule is CCOCCS(=O)(=O)N1CCC(C)(C(N)=NO)CC1. The molecule has 0 amide bonds. The molecule has 0 radical (unpaired) electrons. The fourth-order valence-electron chi connectivity index (χ4n) is 2.07. The summed E-state index contributed by atoms with van der Waals surface area (Å²) in [5, 5.41) is 11.8.